The van der Waals surface area contributed by atoms with Crippen molar-refractivity contribution in [2.45, 2.75) is 36.7 Å². The van der Waals surface area contributed by atoms with Crippen LogP contribution >= 0.6 is 28.3 Å². The van der Waals surface area contributed by atoms with Gasteiger partial charge in [0.15, 0.2) is 0 Å². The molecule has 0 radical (unpaired) electrons. The number of hydrogen-bond acceptors (Lipinski definition) is 3. The normalized spacial score (nSPS) is 23.7. The van der Waals surface area contributed by atoms with Crippen LogP contribution in [0, 0.1) is 0 Å². The molecule has 1 heterocycles. The van der Waals surface area contributed by atoms with E-state index in [4.69, 9.17) is 0 Å². The van der Waals surface area contributed by atoms with Gasteiger partial charge in [0.25, 0.3) is 0 Å². The summed E-state index contributed by atoms with van der Waals surface area (Å²) in [6.45, 7) is 2.96. The molecule has 1 fully saturated rings. The molecule has 1 aromatic rings. The van der Waals surface area contributed by atoms with Crippen LogP contribution in [0.4, 0.5) is 0 Å². The lowest BCUT2D eigenvalue weighted by molar-refractivity contribution is 0.349. The molecule has 1 saturated heterocycles. The second-order valence-electron chi connectivity index (χ2n) is 4.54. The van der Waals surface area contributed by atoms with E-state index in [9.17, 15) is 8.42 Å². The van der Waals surface area contributed by atoms with Gasteiger partial charge in [-0.2, -0.15) is 0 Å². The van der Waals surface area contributed by atoms with E-state index >= 15 is 0 Å². The maximum absolute atomic E-state index is 12.3. The number of piperidine rings is 1. The van der Waals surface area contributed by atoms with E-state index in [1.807, 2.05) is 6.92 Å². The average Bonchev–Trinajstić information content (AvgIpc) is 2.32. The molecule has 4 nitrogen and oxygen atoms in total. The third-order valence-corrected chi connectivity index (χ3v) is 5.70. The topological polar surface area (TPSA) is 58.2 Å². The first kappa shape index (κ1) is 16.9. The molecule has 0 aliphatic carbocycles. The summed E-state index contributed by atoms with van der Waals surface area (Å²) in [6.07, 6.45) is 1.87. The van der Waals surface area contributed by atoms with Crippen molar-refractivity contribution in [2.24, 2.45) is 0 Å². The molecule has 0 spiro atoms. The Balaban J connectivity index is 0.00000180. The van der Waals surface area contributed by atoms with Gasteiger partial charge in [-0.15, -0.1) is 12.4 Å². The van der Waals surface area contributed by atoms with Crippen molar-refractivity contribution >= 4 is 38.4 Å². The van der Waals surface area contributed by atoms with Crippen LogP contribution in [0.2, 0.25) is 0 Å². The van der Waals surface area contributed by atoms with E-state index in [0.29, 0.717) is 9.37 Å². The summed E-state index contributed by atoms with van der Waals surface area (Å²) < 4.78 is 28.0. The smallest absolute Gasteiger partial charge is 0.241 e. The minimum Gasteiger partial charge on any atom is -0.313 e. The van der Waals surface area contributed by atoms with Crippen LogP contribution in [-0.2, 0) is 10.0 Å². The first-order valence-electron chi connectivity index (χ1n) is 6.01. The van der Waals surface area contributed by atoms with E-state index in [1.165, 1.54) is 0 Å². The lowest BCUT2D eigenvalue weighted by Gasteiger charge is -2.30. The predicted octanol–water partition coefficient (Wildman–Crippen LogP) is 2.29. The molecule has 108 valence electrons. The van der Waals surface area contributed by atoms with Crippen LogP contribution in [0.25, 0.3) is 0 Å². The molecular formula is C12H18BrClN2O2S. The molecule has 1 aliphatic rings. The highest BCUT2D eigenvalue weighted by molar-refractivity contribution is 9.10. The summed E-state index contributed by atoms with van der Waals surface area (Å²) in [6, 6.07) is 6.98. The molecule has 0 amide bonds. The largest absolute Gasteiger partial charge is 0.313 e. The fourth-order valence-corrected chi connectivity index (χ4v) is 4.48. The number of sulfonamides is 1. The SMILES string of the molecule is CC1NCCCC1NS(=O)(=O)c1ccccc1Br.Cl. The zero-order valence-corrected chi connectivity index (χ0v) is 13.8. The van der Waals surface area contributed by atoms with Gasteiger partial charge in [0.2, 0.25) is 10.0 Å². The van der Waals surface area contributed by atoms with Crippen molar-refractivity contribution in [2.75, 3.05) is 6.54 Å². The molecule has 0 bridgehead atoms. The Bertz CT molecular complexity index is 524. The Kier molecular flexibility index (Phi) is 6.26. The number of benzene rings is 1. The van der Waals surface area contributed by atoms with Crippen LogP contribution in [0.5, 0.6) is 0 Å². The molecular weight excluding hydrogens is 352 g/mol. The second kappa shape index (κ2) is 7.04. The molecule has 2 rings (SSSR count). The van der Waals surface area contributed by atoms with Crippen molar-refractivity contribution in [1.82, 2.24) is 10.0 Å². The Morgan fingerprint density at radius 3 is 2.68 bits per heavy atom. The van der Waals surface area contributed by atoms with Gasteiger partial charge in [-0.3, -0.25) is 0 Å². The lowest BCUT2D eigenvalue weighted by atomic mass is 10.0. The fraction of sp³-hybridized carbons (Fsp3) is 0.500. The van der Waals surface area contributed by atoms with Gasteiger partial charge in [0.1, 0.15) is 0 Å². The van der Waals surface area contributed by atoms with Crippen LogP contribution in [0.3, 0.4) is 0 Å². The minimum absolute atomic E-state index is 0. The quantitative estimate of drug-likeness (QED) is 0.859. The summed E-state index contributed by atoms with van der Waals surface area (Å²) >= 11 is 3.28. The molecule has 0 saturated carbocycles. The van der Waals surface area contributed by atoms with E-state index in [2.05, 4.69) is 26.0 Å². The van der Waals surface area contributed by atoms with Crippen LogP contribution in [0.1, 0.15) is 19.8 Å². The summed E-state index contributed by atoms with van der Waals surface area (Å²) in [5.41, 5.74) is 0. The maximum Gasteiger partial charge on any atom is 0.241 e. The first-order valence-corrected chi connectivity index (χ1v) is 8.28. The Labute approximate surface area is 128 Å². The molecule has 1 aromatic carbocycles. The number of rotatable bonds is 3. The minimum atomic E-state index is -3.46. The highest BCUT2D eigenvalue weighted by atomic mass is 79.9. The second-order valence-corrected chi connectivity index (χ2v) is 7.08. The summed E-state index contributed by atoms with van der Waals surface area (Å²) in [5, 5.41) is 3.28. The number of hydrogen-bond donors (Lipinski definition) is 2. The molecule has 2 unspecified atom stereocenters. The standard InChI is InChI=1S/C12H17BrN2O2S.ClH/c1-9-11(6-4-8-14-9)15-18(16,17)12-7-3-2-5-10(12)13;/h2-3,5,7,9,11,14-15H,4,6,8H2,1H3;1H. The molecule has 2 N–H and O–H groups in total. The summed E-state index contributed by atoms with van der Waals surface area (Å²) in [7, 11) is -3.46. The Hall–Kier alpha value is -0.140. The predicted molar refractivity (Wildman–Crippen MR) is 82.2 cm³/mol. The molecule has 2 atom stereocenters. The third kappa shape index (κ3) is 4.16. The van der Waals surface area contributed by atoms with Crippen molar-refractivity contribution in [3.63, 3.8) is 0 Å². The molecule has 1 aliphatic heterocycles. The van der Waals surface area contributed by atoms with E-state index < -0.39 is 10.0 Å². The Morgan fingerprint density at radius 1 is 1.37 bits per heavy atom. The van der Waals surface area contributed by atoms with E-state index in [0.717, 1.165) is 19.4 Å². The van der Waals surface area contributed by atoms with Gasteiger partial charge >= 0.3 is 0 Å². The zero-order chi connectivity index (χ0) is 13.2. The summed E-state index contributed by atoms with van der Waals surface area (Å²) in [5.74, 6) is 0. The number of nitrogens with one attached hydrogen (secondary N) is 2. The summed E-state index contributed by atoms with van der Waals surface area (Å²) in [4.78, 5) is 0.294. The van der Waals surface area contributed by atoms with E-state index in [1.54, 1.807) is 24.3 Å². The lowest BCUT2D eigenvalue weighted by Crippen LogP contribution is -2.51. The van der Waals surface area contributed by atoms with Gasteiger partial charge in [-0.1, -0.05) is 12.1 Å². The first-order chi connectivity index (χ1) is 8.50. The monoisotopic (exact) mass is 368 g/mol. The van der Waals surface area contributed by atoms with Gasteiger partial charge < -0.3 is 5.32 Å². The molecule has 0 aromatic heterocycles. The van der Waals surface area contributed by atoms with Gasteiger partial charge in [-0.05, 0) is 54.4 Å². The highest BCUT2D eigenvalue weighted by Gasteiger charge is 2.27. The van der Waals surface area contributed by atoms with Crippen molar-refractivity contribution < 1.29 is 8.42 Å². The molecule has 7 heteroatoms. The van der Waals surface area contributed by atoms with Crippen molar-refractivity contribution in [3.05, 3.63) is 28.7 Å². The van der Waals surface area contributed by atoms with Crippen LogP contribution in [0.15, 0.2) is 33.6 Å². The highest BCUT2D eigenvalue weighted by Crippen LogP contribution is 2.22. The van der Waals surface area contributed by atoms with Gasteiger partial charge in [-0.25, -0.2) is 13.1 Å². The van der Waals surface area contributed by atoms with Gasteiger partial charge in [0, 0.05) is 16.6 Å². The average molecular weight is 370 g/mol. The Morgan fingerprint density at radius 2 is 2.05 bits per heavy atom. The van der Waals surface area contributed by atoms with Crippen molar-refractivity contribution in [3.8, 4) is 0 Å². The zero-order valence-electron chi connectivity index (χ0n) is 10.6. The fourth-order valence-electron chi connectivity index (χ4n) is 2.13. The van der Waals surface area contributed by atoms with Gasteiger partial charge in [0.05, 0.1) is 4.90 Å². The molecule has 19 heavy (non-hydrogen) atoms. The van der Waals surface area contributed by atoms with Crippen molar-refractivity contribution in [1.29, 1.82) is 0 Å². The van der Waals surface area contributed by atoms with Crippen LogP contribution < -0.4 is 10.0 Å². The maximum atomic E-state index is 12.3. The number of halogens is 2. The van der Waals surface area contributed by atoms with E-state index in [-0.39, 0.29) is 24.5 Å². The third-order valence-electron chi connectivity index (χ3n) is 3.19. The van der Waals surface area contributed by atoms with Crippen LogP contribution in [-0.4, -0.2) is 27.0 Å².